The van der Waals surface area contributed by atoms with Crippen LogP contribution in [0.2, 0.25) is 0 Å². The van der Waals surface area contributed by atoms with Gasteiger partial charge >= 0.3 is 0 Å². The number of hydrogen-bond acceptors (Lipinski definition) is 7. The second-order valence-electron chi connectivity index (χ2n) is 15.1. The maximum atomic E-state index is 14.2. The zero-order chi connectivity index (χ0) is 41.3. The predicted molar refractivity (Wildman–Crippen MR) is 208 cm³/mol. The summed E-state index contributed by atoms with van der Waals surface area (Å²) < 4.78 is 82.5. The molecule has 0 saturated carbocycles. The molecular weight excluding hydrogens is 772 g/mol. The first-order chi connectivity index (χ1) is 28.5. The van der Waals surface area contributed by atoms with Crippen molar-refractivity contribution in [2.45, 2.75) is 56.5 Å². The summed E-state index contributed by atoms with van der Waals surface area (Å²) in [6.45, 7) is 2.23. The highest BCUT2D eigenvalue weighted by Crippen LogP contribution is 2.40. The van der Waals surface area contributed by atoms with Crippen molar-refractivity contribution in [2.24, 2.45) is 0 Å². The zero-order valence-electron chi connectivity index (χ0n) is 31.8. The third kappa shape index (κ3) is 8.05. The van der Waals surface area contributed by atoms with E-state index in [-0.39, 0.29) is 31.3 Å². The minimum absolute atomic E-state index is 0.0579. The van der Waals surface area contributed by atoms with Crippen LogP contribution in [0.25, 0.3) is 11.1 Å². The van der Waals surface area contributed by atoms with E-state index in [9.17, 15) is 36.6 Å². The van der Waals surface area contributed by atoms with Crippen molar-refractivity contribution in [3.63, 3.8) is 0 Å². The second kappa shape index (κ2) is 16.9. The molecule has 3 aliphatic heterocycles. The Morgan fingerprint density at radius 3 is 2.10 bits per heavy atom. The number of carbonyl (C=O) groups is 2. The lowest BCUT2D eigenvalue weighted by atomic mass is 9.85. The van der Waals surface area contributed by atoms with Crippen molar-refractivity contribution < 1.29 is 46.1 Å². The van der Waals surface area contributed by atoms with E-state index in [2.05, 4.69) is 20.4 Å². The van der Waals surface area contributed by atoms with Gasteiger partial charge < -0.3 is 35.0 Å². The van der Waals surface area contributed by atoms with Gasteiger partial charge in [-0.05, 0) is 58.9 Å². The lowest BCUT2D eigenvalue weighted by molar-refractivity contribution is -0.253. The second-order valence-corrected chi connectivity index (χ2v) is 15.1. The third-order valence-electron chi connectivity index (χ3n) is 11.5. The van der Waals surface area contributed by atoms with Crippen LogP contribution in [0.4, 0.5) is 27.6 Å². The number of halogens is 5. The van der Waals surface area contributed by atoms with Gasteiger partial charge in [0.2, 0.25) is 11.7 Å². The van der Waals surface area contributed by atoms with Gasteiger partial charge in [-0.25, -0.2) is 22.0 Å². The average Bonchev–Trinajstić information content (AvgIpc) is 3.59. The Kier molecular flexibility index (Phi) is 11.5. The highest BCUT2D eigenvalue weighted by atomic mass is 19.2. The molecule has 9 nitrogen and oxygen atoms in total. The van der Waals surface area contributed by atoms with Gasteiger partial charge in [0.05, 0.1) is 25.5 Å². The van der Waals surface area contributed by atoms with E-state index in [0.717, 1.165) is 33.5 Å². The number of likely N-dealkylation sites (tertiary alicyclic amines) is 1. The van der Waals surface area contributed by atoms with Crippen molar-refractivity contribution >= 4 is 17.5 Å². The fraction of sp³-hybridized carbons (Fsp3) is 0.289. The Bertz CT molecular complexity index is 2300. The number of aliphatic hydroxyl groups is 1. The molecule has 3 aliphatic rings. The van der Waals surface area contributed by atoms with Gasteiger partial charge in [-0.2, -0.15) is 0 Å². The van der Waals surface area contributed by atoms with Gasteiger partial charge in [0.15, 0.2) is 29.6 Å². The van der Waals surface area contributed by atoms with Crippen LogP contribution in [-0.4, -0.2) is 59.8 Å². The normalized spacial score (nSPS) is 20.5. The Morgan fingerprint density at radius 1 is 0.763 bits per heavy atom. The monoisotopic (exact) mass is 812 g/mol. The minimum atomic E-state index is -2.34. The third-order valence-corrected chi connectivity index (χ3v) is 11.5. The fourth-order valence-corrected chi connectivity index (χ4v) is 8.23. The molecular formula is C45H41F5N4O5. The molecule has 5 aromatic rings. The van der Waals surface area contributed by atoms with Gasteiger partial charge in [-0.3, -0.25) is 9.59 Å². The van der Waals surface area contributed by atoms with Crippen molar-refractivity contribution in [2.75, 3.05) is 31.2 Å². The van der Waals surface area contributed by atoms with Crippen molar-refractivity contribution in [1.29, 1.82) is 0 Å². The average molecular weight is 813 g/mol. The van der Waals surface area contributed by atoms with Crippen molar-refractivity contribution in [1.82, 2.24) is 15.5 Å². The quantitative estimate of drug-likeness (QED) is 0.0766. The number of ether oxygens (including phenoxy) is 2. The van der Waals surface area contributed by atoms with Gasteiger partial charge in [-0.15, -0.1) is 0 Å². The summed E-state index contributed by atoms with van der Waals surface area (Å²) in [7, 11) is 0. The van der Waals surface area contributed by atoms with E-state index in [1.165, 1.54) is 0 Å². The summed E-state index contributed by atoms with van der Waals surface area (Å²) in [5.74, 6) is -12.5. The molecule has 0 aromatic heterocycles. The number of benzene rings is 5. The largest absolute Gasteiger partial charge is 0.392 e. The number of anilines is 1. The Labute approximate surface area is 337 Å². The maximum absolute atomic E-state index is 14.2. The van der Waals surface area contributed by atoms with E-state index in [1.54, 1.807) is 18.2 Å². The van der Waals surface area contributed by atoms with Gasteiger partial charge in [0.25, 0.3) is 5.91 Å². The van der Waals surface area contributed by atoms with Gasteiger partial charge in [0.1, 0.15) is 11.1 Å². The van der Waals surface area contributed by atoms with E-state index < -0.39 is 52.4 Å². The first-order valence-electron chi connectivity index (χ1n) is 19.4. The molecule has 3 heterocycles. The topological polar surface area (TPSA) is 103 Å². The summed E-state index contributed by atoms with van der Waals surface area (Å²) in [5, 5.41) is 14.9. The molecule has 0 radical (unpaired) electrons. The van der Waals surface area contributed by atoms with E-state index in [0.29, 0.717) is 51.1 Å². The zero-order valence-corrected chi connectivity index (χ0v) is 31.8. The molecule has 3 N–H and O–H groups in total. The van der Waals surface area contributed by atoms with Crippen LogP contribution in [0, 0.1) is 29.1 Å². The molecule has 3 fully saturated rings. The Balaban J connectivity index is 0.956. The molecule has 3 saturated heterocycles. The summed E-state index contributed by atoms with van der Waals surface area (Å²) in [4.78, 5) is 30.3. The number of piperidine rings is 1. The van der Waals surface area contributed by atoms with Crippen LogP contribution in [-0.2, 0) is 27.4 Å². The van der Waals surface area contributed by atoms with Crippen LogP contribution in [0.5, 0.6) is 0 Å². The van der Waals surface area contributed by atoms with E-state index in [4.69, 9.17) is 9.47 Å². The fourth-order valence-electron chi connectivity index (χ4n) is 8.23. The summed E-state index contributed by atoms with van der Waals surface area (Å²) in [5.41, 5.74) is 3.45. The number of hydrogen-bond donors (Lipinski definition) is 3. The standard InChI is InChI=1S/C45H41F5N4O5/c46-37-36(38(47)40(49)41(50)39(37)48)42(56)51-23-28-5-4-6-32(21-28)29-13-15-31(16-14-29)43-58-34(22-35(59-43)30-11-9-27(25-55)10-12-30)24-53-19-17-45(18-20-53)44(57)52-26-54(45)33-7-2-1-3-8-33/h1-16,21,34-35,43,55H,17-20,22-26H2,(H,51,56)(H,52,57). The number of aliphatic hydroxyl groups excluding tert-OH is 1. The van der Waals surface area contributed by atoms with Gasteiger partial charge in [0, 0.05) is 43.9 Å². The summed E-state index contributed by atoms with van der Waals surface area (Å²) in [6, 6.07) is 32.2. The first-order valence-corrected chi connectivity index (χ1v) is 19.4. The van der Waals surface area contributed by atoms with Crippen molar-refractivity contribution in [3.05, 3.63) is 160 Å². The van der Waals surface area contributed by atoms with Crippen LogP contribution in [0.3, 0.4) is 0 Å². The molecule has 14 heteroatoms. The van der Waals surface area contributed by atoms with Crippen LogP contribution in [0.15, 0.2) is 103 Å². The van der Waals surface area contributed by atoms with E-state index >= 15 is 0 Å². The number of nitrogens with zero attached hydrogens (tertiary/aromatic N) is 2. The molecule has 8 rings (SSSR count). The Hall–Kier alpha value is -5.67. The van der Waals surface area contributed by atoms with Crippen molar-refractivity contribution in [3.8, 4) is 11.1 Å². The molecule has 3 unspecified atom stereocenters. The molecule has 1 spiro atoms. The number of nitrogens with one attached hydrogen (secondary N) is 2. The van der Waals surface area contributed by atoms with Crippen LogP contribution in [0.1, 0.15) is 64.3 Å². The molecule has 59 heavy (non-hydrogen) atoms. The summed E-state index contributed by atoms with van der Waals surface area (Å²) >= 11 is 0. The number of rotatable bonds is 10. The molecule has 0 aliphatic carbocycles. The number of carbonyl (C=O) groups excluding carboxylic acids is 2. The van der Waals surface area contributed by atoms with E-state index in [1.807, 2.05) is 84.9 Å². The van der Waals surface area contributed by atoms with Crippen LogP contribution < -0.4 is 15.5 Å². The minimum Gasteiger partial charge on any atom is -0.392 e. The molecule has 2 amide bonds. The molecule has 306 valence electrons. The lowest BCUT2D eigenvalue weighted by Gasteiger charge is -2.45. The SMILES string of the molecule is O=C(NCc1cccc(-c2ccc(C3OC(CN4CCC5(CC4)C(=O)NCN5c4ccccc4)CC(c4ccc(CO)cc4)O3)cc2)c1)c1c(F)c(F)c(F)c(F)c1F. The number of amides is 2. The highest BCUT2D eigenvalue weighted by molar-refractivity contribution is 5.95. The smallest absolute Gasteiger partial charge is 0.257 e. The lowest BCUT2D eigenvalue weighted by Crippen LogP contribution is -2.57. The van der Waals surface area contributed by atoms with Gasteiger partial charge in [-0.1, -0.05) is 84.9 Å². The predicted octanol–water partition coefficient (Wildman–Crippen LogP) is 7.45. The number of para-hydroxylation sites is 1. The summed E-state index contributed by atoms with van der Waals surface area (Å²) in [6.07, 6.45) is 0.732. The molecule has 5 aromatic carbocycles. The molecule has 0 bridgehead atoms. The first kappa shape index (κ1) is 40.1. The Morgan fingerprint density at radius 2 is 1.42 bits per heavy atom. The molecule has 3 atom stereocenters. The van der Waals surface area contributed by atoms with Crippen LogP contribution >= 0.6 is 0 Å². The highest BCUT2D eigenvalue weighted by Gasteiger charge is 2.50. The maximum Gasteiger partial charge on any atom is 0.257 e.